The second kappa shape index (κ2) is 8.02. The number of morpholine rings is 1. The molecule has 1 amide bonds. The Balaban J connectivity index is 1.39. The van der Waals surface area contributed by atoms with E-state index in [0.29, 0.717) is 24.8 Å². The highest BCUT2D eigenvalue weighted by Crippen LogP contribution is 2.29. The van der Waals surface area contributed by atoms with Gasteiger partial charge in [-0.15, -0.1) is 0 Å². The van der Waals surface area contributed by atoms with Crippen LogP contribution in [0.1, 0.15) is 38.9 Å². The Hall–Kier alpha value is -2.61. The van der Waals surface area contributed by atoms with Crippen LogP contribution in [0.25, 0.3) is 11.5 Å². The van der Waals surface area contributed by atoms with E-state index >= 15 is 0 Å². The highest BCUT2D eigenvalue weighted by molar-refractivity contribution is 5.68. The Bertz CT molecular complexity index is 837. The molecule has 0 N–H and O–H groups in total. The number of anilines is 1. The fourth-order valence-corrected chi connectivity index (χ4v) is 3.62. The van der Waals surface area contributed by atoms with Crippen molar-refractivity contribution < 1.29 is 18.8 Å². The van der Waals surface area contributed by atoms with E-state index < -0.39 is 5.60 Å². The van der Waals surface area contributed by atoms with E-state index in [1.54, 1.807) is 4.90 Å². The van der Waals surface area contributed by atoms with E-state index in [4.69, 9.17) is 14.0 Å². The van der Waals surface area contributed by atoms with Crippen molar-refractivity contribution in [1.29, 1.82) is 0 Å². The van der Waals surface area contributed by atoms with Crippen molar-refractivity contribution in [3.05, 3.63) is 30.1 Å². The largest absolute Gasteiger partial charge is 0.444 e. The third-order valence-electron chi connectivity index (χ3n) is 5.14. The summed E-state index contributed by atoms with van der Waals surface area (Å²) in [7, 11) is 0. The topological polar surface area (TPSA) is 80.9 Å². The third-order valence-corrected chi connectivity index (χ3v) is 5.14. The standard InChI is InChI=1S/C21H28N4O4/c1-21(2,3)28-20(26)25-9-8-16(14-25)18-22-19(29-23-18)15-4-6-17(7-5-15)24-10-12-27-13-11-24/h4-7,16H,8-14H2,1-3H3. The lowest BCUT2D eigenvalue weighted by Gasteiger charge is -2.28. The molecule has 2 aliphatic heterocycles. The summed E-state index contributed by atoms with van der Waals surface area (Å²) in [4.78, 5) is 20.9. The van der Waals surface area contributed by atoms with Crippen molar-refractivity contribution in [2.24, 2.45) is 0 Å². The number of hydrogen-bond acceptors (Lipinski definition) is 7. The summed E-state index contributed by atoms with van der Waals surface area (Å²) < 4.78 is 16.4. The summed E-state index contributed by atoms with van der Waals surface area (Å²) >= 11 is 0. The first kappa shape index (κ1) is 19.7. The number of rotatable bonds is 3. The number of nitrogens with zero attached hydrogens (tertiary/aromatic N) is 4. The van der Waals surface area contributed by atoms with Gasteiger partial charge in [0.15, 0.2) is 5.82 Å². The summed E-state index contributed by atoms with van der Waals surface area (Å²) in [5, 5.41) is 4.16. The monoisotopic (exact) mass is 400 g/mol. The SMILES string of the molecule is CC(C)(C)OC(=O)N1CCC(c2noc(-c3ccc(N4CCOCC4)cc3)n2)C1. The van der Waals surface area contributed by atoms with Gasteiger partial charge in [-0.1, -0.05) is 5.16 Å². The molecule has 3 heterocycles. The van der Waals surface area contributed by atoms with Crippen molar-refractivity contribution in [2.75, 3.05) is 44.3 Å². The Morgan fingerprint density at radius 1 is 1.14 bits per heavy atom. The first-order valence-corrected chi connectivity index (χ1v) is 10.1. The minimum atomic E-state index is -0.498. The molecular weight excluding hydrogens is 372 g/mol. The maximum absolute atomic E-state index is 12.3. The number of amides is 1. The second-order valence-electron chi connectivity index (χ2n) is 8.52. The minimum absolute atomic E-state index is 0.0626. The summed E-state index contributed by atoms with van der Waals surface area (Å²) in [5.41, 5.74) is 1.56. The molecule has 2 fully saturated rings. The number of carbonyl (C=O) groups excluding carboxylic acids is 1. The van der Waals surface area contributed by atoms with Gasteiger partial charge in [-0.3, -0.25) is 0 Å². The van der Waals surface area contributed by atoms with Crippen LogP contribution in [0.3, 0.4) is 0 Å². The van der Waals surface area contributed by atoms with E-state index in [9.17, 15) is 4.79 Å². The third kappa shape index (κ3) is 4.70. The molecule has 0 radical (unpaired) electrons. The van der Waals surface area contributed by atoms with Crippen molar-refractivity contribution >= 4 is 11.8 Å². The molecule has 0 spiro atoms. The van der Waals surface area contributed by atoms with Gasteiger partial charge in [0, 0.05) is 43.3 Å². The molecule has 29 heavy (non-hydrogen) atoms. The van der Waals surface area contributed by atoms with E-state index in [1.807, 2.05) is 32.9 Å². The summed E-state index contributed by atoms with van der Waals surface area (Å²) in [5.74, 6) is 1.21. The highest BCUT2D eigenvalue weighted by Gasteiger charge is 2.33. The van der Waals surface area contributed by atoms with Crippen LogP contribution in [-0.2, 0) is 9.47 Å². The van der Waals surface area contributed by atoms with Crippen molar-refractivity contribution in [2.45, 2.75) is 38.7 Å². The van der Waals surface area contributed by atoms with Gasteiger partial charge < -0.3 is 23.8 Å². The van der Waals surface area contributed by atoms with Gasteiger partial charge in [-0.2, -0.15) is 4.98 Å². The minimum Gasteiger partial charge on any atom is -0.444 e. The molecule has 2 aromatic rings. The van der Waals surface area contributed by atoms with Gasteiger partial charge in [0.1, 0.15) is 5.60 Å². The van der Waals surface area contributed by atoms with Crippen molar-refractivity contribution in [3.8, 4) is 11.5 Å². The Kier molecular flexibility index (Phi) is 5.45. The number of ether oxygens (including phenoxy) is 2. The molecular formula is C21H28N4O4. The lowest BCUT2D eigenvalue weighted by molar-refractivity contribution is 0.0292. The number of aromatic nitrogens is 2. The summed E-state index contributed by atoms with van der Waals surface area (Å²) in [6, 6.07) is 8.15. The number of carbonyl (C=O) groups is 1. The Labute approximate surface area is 170 Å². The summed E-state index contributed by atoms with van der Waals surface area (Å²) in [6.07, 6.45) is 0.510. The molecule has 2 aliphatic rings. The molecule has 0 saturated carbocycles. The van der Waals surface area contributed by atoms with Gasteiger partial charge >= 0.3 is 6.09 Å². The van der Waals surface area contributed by atoms with Gasteiger partial charge in [-0.25, -0.2) is 4.79 Å². The smallest absolute Gasteiger partial charge is 0.410 e. The van der Waals surface area contributed by atoms with Gasteiger partial charge in [0.2, 0.25) is 0 Å². The molecule has 4 rings (SSSR count). The van der Waals surface area contributed by atoms with E-state index in [-0.39, 0.29) is 12.0 Å². The molecule has 1 unspecified atom stereocenters. The Morgan fingerprint density at radius 3 is 2.55 bits per heavy atom. The lowest BCUT2D eigenvalue weighted by atomic mass is 10.1. The molecule has 1 aromatic heterocycles. The first-order chi connectivity index (χ1) is 13.9. The van der Waals surface area contributed by atoms with Crippen LogP contribution in [0, 0.1) is 0 Å². The molecule has 0 aliphatic carbocycles. The van der Waals surface area contributed by atoms with Gasteiger partial charge in [0.25, 0.3) is 5.89 Å². The van der Waals surface area contributed by atoms with E-state index in [1.165, 1.54) is 5.69 Å². The average Bonchev–Trinajstić information content (AvgIpc) is 3.37. The zero-order valence-corrected chi connectivity index (χ0v) is 17.3. The summed E-state index contributed by atoms with van der Waals surface area (Å²) in [6.45, 7) is 10.1. The number of hydrogen-bond donors (Lipinski definition) is 0. The molecule has 8 heteroatoms. The zero-order valence-electron chi connectivity index (χ0n) is 17.3. The highest BCUT2D eigenvalue weighted by atomic mass is 16.6. The predicted molar refractivity (Wildman–Crippen MR) is 108 cm³/mol. The van der Waals surface area contributed by atoms with Crippen LogP contribution < -0.4 is 4.90 Å². The number of likely N-dealkylation sites (tertiary alicyclic amines) is 1. The van der Waals surface area contributed by atoms with Crippen LogP contribution >= 0.6 is 0 Å². The van der Waals surface area contributed by atoms with Crippen LogP contribution in [0.15, 0.2) is 28.8 Å². The van der Waals surface area contributed by atoms with Crippen LogP contribution in [-0.4, -0.2) is 66.1 Å². The van der Waals surface area contributed by atoms with Gasteiger partial charge in [-0.05, 0) is 51.5 Å². The second-order valence-corrected chi connectivity index (χ2v) is 8.52. The maximum atomic E-state index is 12.3. The first-order valence-electron chi connectivity index (χ1n) is 10.1. The molecule has 1 aromatic carbocycles. The van der Waals surface area contributed by atoms with Crippen LogP contribution in [0.4, 0.5) is 10.5 Å². The molecule has 1 atom stereocenters. The quantitative estimate of drug-likeness (QED) is 0.782. The fourth-order valence-electron chi connectivity index (χ4n) is 3.62. The van der Waals surface area contributed by atoms with Crippen LogP contribution in [0.2, 0.25) is 0 Å². The lowest BCUT2D eigenvalue weighted by Crippen LogP contribution is -2.36. The van der Waals surface area contributed by atoms with E-state index in [0.717, 1.165) is 38.3 Å². The molecule has 8 nitrogen and oxygen atoms in total. The van der Waals surface area contributed by atoms with E-state index in [2.05, 4.69) is 27.2 Å². The normalized spacial score (nSPS) is 20.2. The maximum Gasteiger partial charge on any atom is 0.410 e. The predicted octanol–water partition coefficient (Wildman–Crippen LogP) is 3.30. The van der Waals surface area contributed by atoms with Crippen molar-refractivity contribution in [3.63, 3.8) is 0 Å². The van der Waals surface area contributed by atoms with Crippen LogP contribution in [0.5, 0.6) is 0 Å². The van der Waals surface area contributed by atoms with Crippen molar-refractivity contribution in [1.82, 2.24) is 15.0 Å². The fraction of sp³-hybridized carbons (Fsp3) is 0.571. The van der Waals surface area contributed by atoms with Gasteiger partial charge in [0.05, 0.1) is 13.2 Å². The Morgan fingerprint density at radius 2 is 1.86 bits per heavy atom. The molecule has 0 bridgehead atoms. The number of benzene rings is 1. The molecule has 2 saturated heterocycles. The average molecular weight is 400 g/mol. The zero-order chi connectivity index (χ0) is 20.4. The molecule has 156 valence electrons.